The van der Waals surface area contributed by atoms with Gasteiger partial charge in [0, 0.05) is 76.7 Å². The lowest BCUT2D eigenvalue weighted by Crippen LogP contribution is -2.52. The van der Waals surface area contributed by atoms with Crippen LogP contribution in [0.25, 0.3) is 178 Å². The van der Waals surface area contributed by atoms with E-state index in [1.54, 1.807) is 0 Å². The highest BCUT2D eigenvalue weighted by Gasteiger charge is 2.27. The van der Waals surface area contributed by atoms with Crippen molar-refractivity contribution in [3.05, 3.63) is 370 Å². The Labute approximate surface area is 615 Å². The molecule has 0 spiro atoms. The molecule has 0 aliphatic carbocycles. The van der Waals surface area contributed by atoms with Crippen molar-refractivity contribution in [3.8, 4) is 91.1 Å². The van der Waals surface area contributed by atoms with Gasteiger partial charge in [0.25, 0.3) is 0 Å². The van der Waals surface area contributed by atoms with E-state index in [4.69, 9.17) is 29.9 Å². The number of para-hydroxylation sites is 6. The molecule has 6 heterocycles. The molecule has 107 heavy (non-hydrogen) atoms. The lowest BCUT2D eigenvalue weighted by Gasteiger charge is -2.19. The second kappa shape index (κ2) is 25.2. The molecule has 0 N–H and O–H groups in total. The van der Waals surface area contributed by atoms with Gasteiger partial charge in [-0.1, -0.05) is 295 Å². The first-order valence-electron chi connectivity index (χ1n) is 36.2. The number of rotatable bonds is 13. The van der Waals surface area contributed by atoms with Crippen molar-refractivity contribution in [1.29, 1.82) is 0 Å². The normalized spacial score (nSPS) is 11.7. The van der Waals surface area contributed by atoms with Gasteiger partial charge in [0.2, 0.25) is 18.6 Å². The van der Waals surface area contributed by atoms with Crippen LogP contribution in [-0.2, 0) is 0 Å². The van der Waals surface area contributed by atoms with Gasteiger partial charge in [-0.3, -0.25) is 9.13 Å². The molecule has 498 valence electrons. The molecule has 0 aliphatic heterocycles. The molecule has 10 nitrogen and oxygen atoms in total. The standard InChI is InChI=1S/C96H61BN10/c1-7-29-62(30-8-1)91-98-93(102-95(100-91)106-85-51-25-21-47-77(85)81-58-79-75-45-19-23-49-83(75)104(87(79)60-89(81)106)73-41-15-5-16-42-73)66-35-27-33-64(53-66)68-55-69(57-72(56-68)97(70-37-11-3-12-38-70)71-39-13-4-14-40-71)65-34-28-36-67(54-65)94-99-92(63-31-9-2-10-32-63)101-96(103-94)107-86-52-26-22-48-78(86)82-59-80-76-46-20-24-50-84(76)105(88(80)61-90(82)107)74-43-17-6-18-44-74/h1-61H. The molecule has 0 atom stereocenters. The second-order valence-electron chi connectivity index (χ2n) is 27.4. The molecule has 0 bridgehead atoms. The van der Waals surface area contributed by atoms with Gasteiger partial charge >= 0.3 is 0 Å². The average Bonchev–Trinajstić information content (AvgIpc) is 1.56. The van der Waals surface area contributed by atoms with Crippen LogP contribution in [-0.4, -0.2) is 54.9 Å². The van der Waals surface area contributed by atoms with E-state index in [0.717, 1.165) is 127 Å². The van der Waals surface area contributed by atoms with Crippen LogP contribution in [0.4, 0.5) is 0 Å². The number of nitrogens with zero attached hydrogens (tertiary/aromatic N) is 10. The highest BCUT2D eigenvalue weighted by molar-refractivity contribution is 6.95. The predicted octanol–water partition coefficient (Wildman–Crippen LogP) is 21.0. The second-order valence-corrected chi connectivity index (χ2v) is 27.4. The third-order valence-corrected chi connectivity index (χ3v) is 21.1. The minimum absolute atomic E-state index is 0.121. The molecule has 15 aromatic carbocycles. The Kier molecular flexibility index (Phi) is 14.4. The summed E-state index contributed by atoms with van der Waals surface area (Å²) in [5.41, 5.74) is 21.6. The van der Waals surface area contributed by atoms with Crippen LogP contribution in [0.5, 0.6) is 0 Å². The number of benzene rings is 15. The molecular weight excluding hydrogens is 1300 g/mol. The Balaban J connectivity index is 0.740. The molecular formula is C96H61BN10. The smallest absolute Gasteiger partial charge is 0.241 e. The quantitative estimate of drug-likeness (QED) is 0.107. The highest BCUT2D eigenvalue weighted by atomic mass is 15.2. The molecule has 0 saturated heterocycles. The summed E-state index contributed by atoms with van der Waals surface area (Å²) in [6.07, 6.45) is 0. The molecule has 0 unspecified atom stereocenters. The first-order chi connectivity index (χ1) is 53.0. The van der Waals surface area contributed by atoms with E-state index in [2.05, 4.69) is 352 Å². The molecule has 11 heteroatoms. The highest BCUT2D eigenvalue weighted by Crippen LogP contribution is 2.43. The van der Waals surface area contributed by atoms with Gasteiger partial charge in [0.1, 0.15) is 0 Å². The van der Waals surface area contributed by atoms with E-state index in [1.807, 2.05) is 36.4 Å². The topological polar surface area (TPSA) is 97.1 Å². The zero-order valence-corrected chi connectivity index (χ0v) is 57.8. The monoisotopic (exact) mass is 1360 g/mol. The van der Waals surface area contributed by atoms with Crippen LogP contribution in [0.15, 0.2) is 370 Å². The summed E-state index contributed by atoms with van der Waals surface area (Å²) in [6, 6.07) is 132. The lowest BCUT2D eigenvalue weighted by atomic mass is 9.36. The first-order valence-corrected chi connectivity index (χ1v) is 36.2. The van der Waals surface area contributed by atoms with Crippen molar-refractivity contribution in [3.63, 3.8) is 0 Å². The van der Waals surface area contributed by atoms with Crippen molar-refractivity contribution in [2.24, 2.45) is 0 Å². The minimum Gasteiger partial charge on any atom is -0.309 e. The summed E-state index contributed by atoms with van der Waals surface area (Å²) in [7, 11) is 0. The van der Waals surface area contributed by atoms with Gasteiger partial charge in [0.15, 0.2) is 23.3 Å². The Morgan fingerprint density at radius 3 is 0.822 bits per heavy atom. The Bertz CT molecular complexity index is 6630. The predicted molar refractivity (Wildman–Crippen MR) is 441 cm³/mol. The fraction of sp³-hybridized carbons (Fsp3) is 0. The van der Waals surface area contributed by atoms with E-state index in [-0.39, 0.29) is 6.71 Å². The number of fused-ring (bicyclic) bond motifs is 12. The Hall–Kier alpha value is -14.4. The maximum atomic E-state index is 5.57. The van der Waals surface area contributed by atoms with Crippen LogP contribution >= 0.6 is 0 Å². The third kappa shape index (κ3) is 10.4. The van der Waals surface area contributed by atoms with E-state index < -0.39 is 0 Å². The van der Waals surface area contributed by atoms with Crippen molar-refractivity contribution in [2.45, 2.75) is 0 Å². The molecule has 21 rings (SSSR count). The molecule has 0 aliphatic rings. The number of hydrogen-bond acceptors (Lipinski definition) is 6. The average molecular weight is 1370 g/mol. The Morgan fingerprint density at radius 1 is 0.168 bits per heavy atom. The van der Waals surface area contributed by atoms with E-state index in [9.17, 15) is 0 Å². The van der Waals surface area contributed by atoms with Crippen molar-refractivity contribution in [2.75, 3.05) is 0 Å². The Morgan fingerprint density at radius 2 is 0.449 bits per heavy atom. The van der Waals surface area contributed by atoms with E-state index in [1.165, 1.54) is 32.5 Å². The van der Waals surface area contributed by atoms with Gasteiger partial charge in [-0.05, 0) is 113 Å². The molecule has 0 saturated carbocycles. The third-order valence-electron chi connectivity index (χ3n) is 21.1. The molecule has 0 fully saturated rings. The van der Waals surface area contributed by atoms with Gasteiger partial charge in [0.05, 0.1) is 44.1 Å². The zero-order valence-electron chi connectivity index (χ0n) is 57.8. The largest absolute Gasteiger partial charge is 0.309 e. The van der Waals surface area contributed by atoms with Crippen molar-refractivity contribution >= 4 is 110 Å². The summed E-state index contributed by atoms with van der Waals surface area (Å²) in [5.74, 6) is 3.28. The lowest BCUT2D eigenvalue weighted by molar-refractivity contribution is 0.953. The van der Waals surface area contributed by atoms with E-state index >= 15 is 0 Å². The first kappa shape index (κ1) is 61.3. The summed E-state index contributed by atoms with van der Waals surface area (Å²) in [6.45, 7) is -0.121. The summed E-state index contributed by atoms with van der Waals surface area (Å²) in [4.78, 5) is 32.8. The van der Waals surface area contributed by atoms with Crippen molar-refractivity contribution in [1.82, 2.24) is 48.2 Å². The maximum absolute atomic E-state index is 5.57. The van der Waals surface area contributed by atoms with Gasteiger partial charge in [-0.25, -0.2) is 9.97 Å². The van der Waals surface area contributed by atoms with Crippen LogP contribution in [0.1, 0.15) is 0 Å². The fourth-order valence-corrected chi connectivity index (χ4v) is 16.3. The molecule has 0 radical (unpaired) electrons. The van der Waals surface area contributed by atoms with Crippen LogP contribution < -0.4 is 16.4 Å². The molecule has 0 amide bonds. The van der Waals surface area contributed by atoms with Gasteiger partial charge in [-0.15, -0.1) is 0 Å². The van der Waals surface area contributed by atoms with E-state index in [0.29, 0.717) is 35.2 Å². The van der Waals surface area contributed by atoms with Crippen molar-refractivity contribution < 1.29 is 0 Å². The molecule has 21 aromatic rings. The van der Waals surface area contributed by atoms with Crippen LogP contribution in [0, 0.1) is 0 Å². The summed E-state index contributed by atoms with van der Waals surface area (Å²) < 4.78 is 9.19. The summed E-state index contributed by atoms with van der Waals surface area (Å²) >= 11 is 0. The number of hydrogen-bond donors (Lipinski definition) is 0. The van der Waals surface area contributed by atoms with Crippen LogP contribution in [0.2, 0.25) is 0 Å². The SMILES string of the molecule is c1ccc(B(c2ccccc2)c2cc(-c3cccc(-c4nc(-c5ccccc5)nc(-n5c6ccccc6c6cc7c8ccccc8n(-c8ccccc8)c7cc65)n4)c3)cc(-c3cccc(-c4nc(-c5ccccc5)nc(-n5c6ccccc6c6cc7c8ccccc8n(-c8ccccc8)c7cc65)n4)c3)c2)cc1. The fourth-order valence-electron chi connectivity index (χ4n) is 16.3. The zero-order chi connectivity index (χ0) is 70.5. The maximum Gasteiger partial charge on any atom is 0.241 e. The summed E-state index contributed by atoms with van der Waals surface area (Å²) in [5, 5.41) is 9.17. The van der Waals surface area contributed by atoms with Gasteiger partial charge < -0.3 is 9.13 Å². The minimum atomic E-state index is -0.121. The van der Waals surface area contributed by atoms with Crippen LogP contribution in [0.3, 0.4) is 0 Å². The van der Waals surface area contributed by atoms with Gasteiger partial charge in [-0.2, -0.15) is 19.9 Å². The molecule has 6 aromatic heterocycles. The number of aromatic nitrogens is 10.